The van der Waals surface area contributed by atoms with Gasteiger partial charge in [0.25, 0.3) is 0 Å². The number of hydrogen-bond acceptors (Lipinski definition) is 5. The molecule has 180 valence electrons. The minimum atomic E-state index is 0. The van der Waals surface area contributed by atoms with E-state index < -0.39 is 0 Å². The van der Waals surface area contributed by atoms with Gasteiger partial charge in [0.2, 0.25) is 5.82 Å². The van der Waals surface area contributed by atoms with Crippen LogP contribution in [0.25, 0.3) is 22.3 Å². The minimum absolute atomic E-state index is 0. The van der Waals surface area contributed by atoms with E-state index in [1.165, 1.54) is 32.1 Å². The Labute approximate surface area is 207 Å². The molecule has 1 aliphatic heterocycles. The molecule has 6 nitrogen and oxygen atoms in total. The van der Waals surface area contributed by atoms with Crippen LogP contribution in [0.2, 0.25) is 0 Å². The average molecular weight is 481 g/mol. The lowest BCUT2D eigenvalue weighted by molar-refractivity contribution is 0.182. The van der Waals surface area contributed by atoms with E-state index in [2.05, 4.69) is 45.9 Å². The number of aromatic nitrogens is 3. The third-order valence-electron chi connectivity index (χ3n) is 7.15. The molecule has 1 aliphatic carbocycles. The largest absolute Gasteiger partial charge is 0.493 e. The maximum Gasteiger partial charge on any atom is 0.234 e. The van der Waals surface area contributed by atoms with Gasteiger partial charge in [-0.15, -0.1) is 12.4 Å². The smallest absolute Gasteiger partial charge is 0.234 e. The van der Waals surface area contributed by atoms with Crippen LogP contribution in [0.5, 0.6) is 5.75 Å². The van der Waals surface area contributed by atoms with Crippen molar-refractivity contribution in [1.82, 2.24) is 14.5 Å². The third-order valence-corrected chi connectivity index (χ3v) is 7.15. The van der Waals surface area contributed by atoms with Gasteiger partial charge in [0, 0.05) is 36.2 Å². The van der Waals surface area contributed by atoms with Crippen molar-refractivity contribution < 1.29 is 9.47 Å². The maximum absolute atomic E-state index is 9.56. The predicted octanol–water partition coefficient (Wildman–Crippen LogP) is 6.09. The number of halogens is 1. The van der Waals surface area contributed by atoms with E-state index in [4.69, 9.17) is 9.47 Å². The standard InChI is InChI=1S/C27H32N4O2.ClH/c1-19-15-22(7-8-24(19)33-14-11-20-5-3-2-4-6-20)26-23-9-12-31(17-21-10-13-32-18-21)27(23)30-25(16-28)29-26;/h7-9,12,15,20-21H,2-6,10-11,13-14,17-18H2,1H3;1H. The van der Waals surface area contributed by atoms with Crippen LogP contribution in [0.1, 0.15) is 56.3 Å². The lowest BCUT2D eigenvalue weighted by atomic mass is 9.87. The molecule has 0 spiro atoms. The van der Waals surface area contributed by atoms with Gasteiger partial charge in [0.15, 0.2) is 0 Å². The monoisotopic (exact) mass is 480 g/mol. The molecular weight excluding hydrogens is 448 g/mol. The summed E-state index contributed by atoms with van der Waals surface area (Å²) in [6.07, 6.45) is 11.1. The summed E-state index contributed by atoms with van der Waals surface area (Å²) in [5, 5.41) is 10.5. The Morgan fingerprint density at radius 2 is 1.97 bits per heavy atom. The van der Waals surface area contributed by atoms with Crippen molar-refractivity contribution in [3.8, 4) is 23.1 Å². The molecule has 1 saturated heterocycles. The molecule has 0 N–H and O–H groups in total. The molecule has 1 unspecified atom stereocenters. The van der Waals surface area contributed by atoms with Crippen LogP contribution < -0.4 is 4.74 Å². The van der Waals surface area contributed by atoms with Crippen molar-refractivity contribution in [3.63, 3.8) is 0 Å². The molecule has 3 aromatic rings. The molecule has 7 heteroatoms. The molecule has 2 aliphatic rings. The number of nitriles is 1. The molecule has 1 aromatic carbocycles. The Morgan fingerprint density at radius 3 is 2.71 bits per heavy atom. The molecule has 34 heavy (non-hydrogen) atoms. The summed E-state index contributed by atoms with van der Waals surface area (Å²) in [7, 11) is 0. The van der Waals surface area contributed by atoms with Crippen molar-refractivity contribution in [3.05, 3.63) is 41.9 Å². The Kier molecular flexibility index (Phi) is 8.07. The van der Waals surface area contributed by atoms with Crippen LogP contribution >= 0.6 is 12.4 Å². The molecule has 5 rings (SSSR count). The zero-order chi connectivity index (χ0) is 22.6. The second-order valence-corrected chi connectivity index (χ2v) is 9.56. The predicted molar refractivity (Wildman–Crippen MR) is 135 cm³/mol. The van der Waals surface area contributed by atoms with Gasteiger partial charge in [-0.2, -0.15) is 5.26 Å². The van der Waals surface area contributed by atoms with Gasteiger partial charge < -0.3 is 14.0 Å². The lowest BCUT2D eigenvalue weighted by Crippen LogP contribution is -2.11. The molecule has 0 radical (unpaired) electrons. The quantitative estimate of drug-likeness (QED) is 0.409. The zero-order valence-corrected chi connectivity index (χ0v) is 20.6. The first kappa shape index (κ1) is 24.5. The SMILES string of the molecule is Cc1cc(-c2nc(C#N)nc3c2ccn3CC2CCOC2)ccc1OCCC1CCCCC1.Cl. The number of benzene rings is 1. The van der Waals surface area contributed by atoms with E-state index in [1.807, 2.05) is 12.1 Å². The van der Waals surface area contributed by atoms with Gasteiger partial charge in [-0.1, -0.05) is 32.1 Å². The molecule has 2 aromatic heterocycles. The van der Waals surface area contributed by atoms with E-state index in [9.17, 15) is 5.26 Å². The van der Waals surface area contributed by atoms with Gasteiger partial charge in [0.1, 0.15) is 17.5 Å². The maximum atomic E-state index is 9.56. The average Bonchev–Trinajstić information content (AvgIpc) is 3.51. The number of aryl methyl sites for hydroxylation is 1. The summed E-state index contributed by atoms with van der Waals surface area (Å²) in [5.41, 5.74) is 3.69. The first-order chi connectivity index (χ1) is 16.2. The van der Waals surface area contributed by atoms with E-state index in [-0.39, 0.29) is 18.2 Å². The number of rotatable bonds is 7. The van der Waals surface area contributed by atoms with Crippen LogP contribution in [0.4, 0.5) is 0 Å². The first-order valence-electron chi connectivity index (χ1n) is 12.3. The topological polar surface area (TPSA) is 73.0 Å². The van der Waals surface area contributed by atoms with Crippen molar-refractivity contribution in [2.45, 2.75) is 58.4 Å². The number of hydrogen-bond donors (Lipinski definition) is 0. The Hall–Kier alpha value is -2.62. The Balaban J connectivity index is 0.00000274. The fourth-order valence-corrected chi connectivity index (χ4v) is 5.26. The van der Waals surface area contributed by atoms with Crippen LogP contribution in [0.15, 0.2) is 30.5 Å². The number of fused-ring (bicyclic) bond motifs is 1. The van der Waals surface area contributed by atoms with E-state index in [1.54, 1.807) is 0 Å². The van der Waals surface area contributed by atoms with Gasteiger partial charge in [-0.05, 0) is 55.5 Å². The molecule has 2 fully saturated rings. The van der Waals surface area contributed by atoms with E-state index in [0.717, 1.165) is 78.7 Å². The van der Waals surface area contributed by atoms with Crippen molar-refractivity contribution in [2.24, 2.45) is 11.8 Å². The Bertz CT molecular complexity index is 1160. The molecule has 1 atom stereocenters. The second-order valence-electron chi connectivity index (χ2n) is 9.56. The van der Waals surface area contributed by atoms with Crippen molar-refractivity contribution in [2.75, 3.05) is 19.8 Å². The van der Waals surface area contributed by atoms with Crippen LogP contribution in [-0.4, -0.2) is 34.4 Å². The summed E-state index contributed by atoms with van der Waals surface area (Å²) in [4.78, 5) is 9.11. The number of nitrogens with zero attached hydrogens (tertiary/aromatic N) is 4. The normalized spacial score (nSPS) is 18.5. The van der Waals surface area contributed by atoms with Crippen molar-refractivity contribution >= 4 is 23.4 Å². The van der Waals surface area contributed by atoms with Crippen LogP contribution in [0.3, 0.4) is 0 Å². The van der Waals surface area contributed by atoms with E-state index in [0.29, 0.717) is 5.92 Å². The molecule has 0 bridgehead atoms. The molecular formula is C27H33ClN4O2. The lowest BCUT2D eigenvalue weighted by Gasteiger charge is -2.21. The highest BCUT2D eigenvalue weighted by molar-refractivity contribution is 5.91. The van der Waals surface area contributed by atoms with Gasteiger partial charge >= 0.3 is 0 Å². The highest BCUT2D eigenvalue weighted by atomic mass is 35.5. The zero-order valence-electron chi connectivity index (χ0n) is 19.8. The number of ether oxygens (including phenoxy) is 2. The van der Waals surface area contributed by atoms with Crippen LogP contribution in [0, 0.1) is 30.1 Å². The molecule has 1 saturated carbocycles. The van der Waals surface area contributed by atoms with Gasteiger partial charge in [0.05, 0.1) is 18.9 Å². The summed E-state index contributed by atoms with van der Waals surface area (Å²) >= 11 is 0. The van der Waals surface area contributed by atoms with Crippen LogP contribution in [-0.2, 0) is 11.3 Å². The summed E-state index contributed by atoms with van der Waals surface area (Å²) in [6.45, 7) is 5.30. The summed E-state index contributed by atoms with van der Waals surface area (Å²) < 4.78 is 13.8. The fourth-order valence-electron chi connectivity index (χ4n) is 5.26. The summed E-state index contributed by atoms with van der Waals surface area (Å²) in [5.74, 6) is 2.43. The molecule has 0 amide bonds. The highest BCUT2D eigenvalue weighted by Crippen LogP contribution is 2.32. The minimum Gasteiger partial charge on any atom is -0.493 e. The van der Waals surface area contributed by atoms with E-state index >= 15 is 0 Å². The Morgan fingerprint density at radius 1 is 1.12 bits per heavy atom. The van der Waals surface area contributed by atoms with Gasteiger partial charge in [-0.3, -0.25) is 0 Å². The first-order valence-corrected chi connectivity index (χ1v) is 12.3. The third kappa shape index (κ3) is 5.37. The summed E-state index contributed by atoms with van der Waals surface area (Å²) in [6, 6.07) is 10.4. The molecule has 3 heterocycles. The second kappa shape index (κ2) is 11.2. The highest BCUT2D eigenvalue weighted by Gasteiger charge is 2.20. The van der Waals surface area contributed by atoms with Crippen molar-refractivity contribution in [1.29, 1.82) is 5.26 Å². The fraction of sp³-hybridized carbons (Fsp3) is 0.519. The van der Waals surface area contributed by atoms with Gasteiger partial charge in [-0.25, -0.2) is 9.97 Å².